The van der Waals surface area contributed by atoms with E-state index in [4.69, 9.17) is 5.26 Å². The Morgan fingerprint density at radius 1 is 1.24 bits per heavy atom. The van der Waals surface area contributed by atoms with Gasteiger partial charge >= 0.3 is 0 Å². The van der Waals surface area contributed by atoms with E-state index in [1.807, 2.05) is 43.3 Å². The number of nitriles is 1. The van der Waals surface area contributed by atoms with Crippen molar-refractivity contribution in [2.45, 2.75) is 13.3 Å². The fraction of sp³-hybridized carbons (Fsp3) is 0.188. The van der Waals surface area contributed by atoms with Crippen LogP contribution in [0.5, 0.6) is 0 Å². The number of hydrogen-bond acceptors (Lipinski definition) is 4. The summed E-state index contributed by atoms with van der Waals surface area (Å²) in [5.74, 6) is 0. The molecule has 0 aliphatic heterocycles. The lowest BCUT2D eigenvalue weighted by Gasteiger charge is -2.23. The van der Waals surface area contributed by atoms with E-state index in [2.05, 4.69) is 6.07 Å². The minimum atomic E-state index is -0.384. The molecule has 2 rings (SSSR count). The molecule has 0 unspecified atom stereocenters. The topological polar surface area (TPSA) is 70.2 Å². The maximum absolute atomic E-state index is 11.3. The second kappa shape index (κ2) is 6.53. The lowest BCUT2D eigenvalue weighted by Crippen LogP contribution is -2.19. The molecule has 2 aromatic carbocycles. The minimum absolute atomic E-state index is 0.0526. The first-order valence-corrected chi connectivity index (χ1v) is 6.58. The Morgan fingerprint density at radius 3 is 2.57 bits per heavy atom. The lowest BCUT2D eigenvalue weighted by atomic mass is 10.1. The van der Waals surface area contributed by atoms with E-state index in [9.17, 15) is 10.1 Å². The van der Waals surface area contributed by atoms with Crippen LogP contribution in [-0.2, 0) is 0 Å². The molecule has 0 radical (unpaired) electrons. The largest absolute Gasteiger partial charge is 0.335 e. The number of anilines is 2. The highest BCUT2D eigenvalue weighted by molar-refractivity contribution is 5.72. The summed E-state index contributed by atoms with van der Waals surface area (Å²) in [5, 5.41) is 20.1. The number of hydrogen-bond donors (Lipinski definition) is 0. The number of nitro benzene ring substituents is 1. The number of nitro groups is 1. The second-order valence-corrected chi connectivity index (χ2v) is 4.64. The first-order valence-electron chi connectivity index (χ1n) is 6.58. The number of rotatable bonds is 5. The van der Waals surface area contributed by atoms with Crippen molar-refractivity contribution in [1.82, 2.24) is 0 Å². The van der Waals surface area contributed by atoms with Gasteiger partial charge in [0, 0.05) is 18.3 Å². The molecular weight excluding hydrogens is 266 g/mol. The monoisotopic (exact) mass is 281 g/mol. The van der Waals surface area contributed by atoms with Gasteiger partial charge in [0.25, 0.3) is 5.69 Å². The van der Waals surface area contributed by atoms with Crippen LogP contribution in [0.2, 0.25) is 0 Å². The van der Waals surface area contributed by atoms with Crippen molar-refractivity contribution in [2.75, 3.05) is 11.4 Å². The van der Waals surface area contributed by atoms with Gasteiger partial charge in [-0.25, -0.2) is 0 Å². The molecule has 0 N–H and O–H groups in total. The Morgan fingerprint density at radius 2 is 1.95 bits per heavy atom. The molecule has 0 spiro atoms. The minimum Gasteiger partial charge on any atom is -0.335 e. The van der Waals surface area contributed by atoms with Crippen molar-refractivity contribution < 1.29 is 4.92 Å². The van der Waals surface area contributed by atoms with Crippen LogP contribution < -0.4 is 4.90 Å². The van der Waals surface area contributed by atoms with Gasteiger partial charge < -0.3 is 4.90 Å². The highest BCUT2D eigenvalue weighted by Crippen LogP contribution is 2.34. The Kier molecular flexibility index (Phi) is 4.52. The van der Waals surface area contributed by atoms with Crippen LogP contribution in [0.4, 0.5) is 17.1 Å². The normalized spacial score (nSPS) is 9.90. The molecule has 2 aromatic rings. The quantitative estimate of drug-likeness (QED) is 0.614. The van der Waals surface area contributed by atoms with E-state index in [0.717, 1.165) is 11.3 Å². The zero-order chi connectivity index (χ0) is 15.2. The zero-order valence-corrected chi connectivity index (χ0v) is 11.7. The van der Waals surface area contributed by atoms with Crippen LogP contribution in [0, 0.1) is 28.4 Å². The molecule has 0 aromatic heterocycles. The third-order valence-electron chi connectivity index (χ3n) is 3.13. The van der Waals surface area contributed by atoms with Crippen molar-refractivity contribution in [2.24, 2.45) is 0 Å². The highest BCUT2D eigenvalue weighted by Gasteiger charge is 2.20. The standard InChI is InChI=1S/C16H15N3O2/c1-13-8-9-15(16(12-13)19(20)21)18(11-5-10-17)14-6-3-2-4-7-14/h2-4,6-9,12H,5,11H2,1H3. The number of para-hydroxylation sites is 1. The summed E-state index contributed by atoms with van der Waals surface area (Å²) in [6, 6.07) is 16.6. The van der Waals surface area contributed by atoms with Gasteiger partial charge in [0.15, 0.2) is 0 Å². The number of benzene rings is 2. The molecule has 5 heteroatoms. The van der Waals surface area contributed by atoms with Crippen LogP contribution in [0.25, 0.3) is 0 Å². The SMILES string of the molecule is Cc1ccc(N(CCC#N)c2ccccc2)c([N+](=O)[O-])c1. The van der Waals surface area contributed by atoms with Crippen LogP contribution >= 0.6 is 0 Å². The molecule has 0 aliphatic rings. The fourth-order valence-corrected chi connectivity index (χ4v) is 2.17. The number of aryl methyl sites for hydroxylation is 1. The summed E-state index contributed by atoms with van der Waals surface area (Å²) < 4.78 is 0. The van der Waals surface area contributed by atoms with E-state index in [1.165, 1.54) is 0 Å². The van der Waals surface area contributed by atoms with E-state index in [0.29, 0.717) is 18.7 Å². The second-order valence-electron chi connectivity index (χ2n) is 4.64. The maximum Gasteiger partial charge on any atom is 0.293 e. The highest BCUT2D eigenvalue weighted by atomic mass is 16.6. The molecule has 0 saturated heterocycles. The van der Waals surface area contributed by atoms with Crippen LogP contribution in [0.3, 0.4) is 0 Å². The lowest BCUT2D eigenvalue weighted by molar-refractivity contribution is -0.384. The van der Waals surface area contributed by atoms with Crippen molar-refractivity contribution >= 4 is 17.1 Å². The predicted molar refractivity (Wildman–Crippen MR) is 81.5 cm³/mol. The van der Waals surface area contributed by atoms with Gasteiger partial charge in [0.2, 0.25) is 0 Å². The molecule has 21 heavy (non-hydrogen) atoms. The average Bonchev–Trinajstić information content (AvgIpc) is 2.49. The van der Waals surface area contributed by atoms with Gasteiger partial charge in [-0.1, -0.05) is 24.3 Å². The fourth-order valence-electron chi connectivity index (χ4n) is 2.17. The molecule has 5 nitrogen and oxygen atoms in total. The van der Waals surface area contributed by atoms with Crippen molar-refractivity contribution in [3.8, 4) is 6.07 Å². The zero-order valence-electron chi connectivity index (χ0n) is 11.7. The Labute approximate surface area is 123 Å². The molecule has 0 amide bonds. The molecule has 0 aliphatic carbocycles. The molecular formula is C16H15N3O2. The smallest absolute Gasteiger partial charge is 0.293 e. The predicted octanol–water partition coefficient (Wildman–Crippen LogP) is 3.96. The summed E-state index contributed by atoms with van der Waals surface area (Å²) in [6.07, 6.45) is 0.292. The number of nitrogens with zero attached hydrogens (tertiary/aromatic N) is 3. The summed E-state index contributed by atoms with van der Waals surface area (Å²) >= 11 is 0. The maximum atomic E-state index is 11.3. The first-order chi connectivity index (χ1) is 10.1. The van der Waals surface area contributed by atoms with E-state index >= 15 is 0 Å². The first kappa shape index (κ1) is 14.5. The molecule has 0 bridgehead atoms. The van der Waals surface area contributed by atoms with Crippen molar-refractivity contribution in [3.63, 3.8) is 0 Å². The van der Waals surface area contributed by atoms with E-state index in [-0.39, 0.29) is 10.6 Å². The van der Waals surface area contributed by atoms with Gasteiger partial charge in [0.1, 0.15) is 5.69 Å². The summed E-state index contributed by atoms with van der Waals surface area (Å²) in [5.41, 5.74) is 2.22. The molecule has 0 fully saturated rings. The third-order valence-corrected chi connectivity index (χ3v) is 3.13. The van der Waals surface area contributed by atoms with Gasteiger partial charge in [0.05, 0.1) is 17.4 Å². The Bertz CT molecular complexity index is 678. The third kappa shape index (κ3) is 3.37. The van der Waals surface area contributed by atoms with Crippen LogP contribution in [0.1, 0.15) is 12.0 Å². The Balaban J connectivity index is 2.52. The van der Waals surface area contributed by atoms with Gasteiger partial charge in [-0.3, -0.25) is 10.1 Å². The van der Waals surface area contributed by atoms with Gasteiger partial charge in [-0.15, -0.1) is 0 Å². The Hall–Kier alpha value is -2.87. The van der Waals surface area contributed by atoms with Gasteiger partial charge in [-0.2, -0.15) is 5.26 Å². The molecule has 0 heterocycles. The average molecular weight is 281 g/mol. The molecule has 0 atom stereocenters. The summed E-state index contributed by atoms with van der Waals surface area (Å²) in [7, 11) is 0. The molecule has 106 valence electrons. The van der Waals surface area contributed by atoms with E-state index < -0.39 is 0 Å². The summed E-state index contributed by atoms with van der Waals surface area (Å²) in [4.78, 5) is 12.7. The van der Waals surface area contributed by atoms with Crippen LogP contribution in [-0.4, -0.2) is 11.5 Å². The van der Waals surface area contributed by atoms with E-state index in [1.54, 1.807) is 17.0 Å². The van der Waals surface area contributed by atoms with Crippen molar-refractivity contribution in [3.05, 3.63) is 64.2 Å². The van der Waals surface area contributed by atoms with Crippen LogP contribution in [0.15, 0.2) is 48.5 Å². The summed E-state index contributed by atoms with van der Waals surface area (Å²) in [6.45, 7) is 2.23. The van der Waals surface area contributed by atoms with Crippen molar-refractivity contribution in [1.29, 1.82) is 5.26 Å². The molecule has 0 saturated carbocycles. The van der Waals surface area contributed by atoms with Gasteiger partial charge in [-0.05, 0) is 30.7 Å².